The smallest absolute Gasteiger partial charge is 0.253 e. The van der Waals surface area contributed by atoms with Crippen LogP contribution in [0.2, 0.25) is 5.02 Å². The van der Waals surface area contributed by atoms with Gasteiger partial charge in [0.05, 0.1) is 11.8 Å². The molecule has 2 aromatic carbocycles. The van der Waals surface area contributed by atoms with E-state index in [-0.39, 0.29) is 11.8 Å². The molecule has 0 saturated carbocycles. The molecule has 3 aromatic rings. The average Bonchev–Trinajstić information content (AvgIpc) is 3.37. The van der Waals surface area contributed by atoms with E-state index in [0.717, 1.165) is 27.7 Å². The second-order valence-electron chi connectivity index (χ2n) is 8.07. The van der Waals surface area contributed by atoms with E-state index in [0.29, 0.717) is 48.9 Å². The van der Waals surface area contributed by atoms with Crippen molar-refractivity contribution in [3.8, 4) is 11.3 Å². The zero-order valence-electron chi connectivity index (χ0n) is 17.3. The number of benzene rings is 2. The van der Waals surface area contributed by atoms with Crippen LogP contribution in [0.1, 0.15) is 26.3 Å². The lowest BCUT2D eigenvalue weighted by molar-refractivity contribution is 0.0698. The van der Waals surface area contributed by atoms with Gasteiger partial charge in [-0.15, -0.1) is 0 Å². The number of piperazine rings is 1. The van der Waals surface area contributed by atoms with Crippen LogP contribution < -0.4 is 5.32 Å². The molecule has 0 atom stereocenters. The number of hydrogen-bond acceptors (Lipinski definition) is 4. The van der Waals surface area contributed by atoms with Crippen molar-refractivity contribution in [3.05, 3.63) is 58.1 Å². The van der Waals surface area contributed by atoms with Gasteiger partial charge in [-0.3, -0.25) is 9.59 Å². The third-order valence-corrected chi connectivity index (χ3v) is 7.72. The van der Waals surface area contributed by atoms with E-state index in [4.69, 9.17) is 11.6 Å². The third kappa shape index (κ3) is 3.56. The molecule has 5 rings (SSSR count). The summed E-state index contributed by atoms with van der Waals surface area (Å²) >= 11 is 6.26. The van der Waals surface area contributed by atoms with E-state index in [1.165, 1.54) is 10.6 Å². The van der Waals surface area contributed by atoms with Crippen LogP contribution in [-0.2, 0) is 16.6 Å². The number of aromatic nitrogens is 1. The number of amides is 2. The van der Waals surface area contributed by atoms with Gasteiger partial charge in [0, 0.05) is 71.0 Å². The number of halogens is 1. The summed E-state index contributed by atoms with van der Waals surface area (Å²) in [6.07, 6.45) is 1.18. The Labute approximate surface area is 190 Å². The van der Waals surface area contributed by atoms with Crippen molar-refractivity contribution in [2.75, 3.05) is 32.4 Å². The van der Waals surface area contributed by atoms with Crippen LogP contribution in [0.3, 0.4) is 0 Å². The highest BCUT2D eigenvalue weighted by atomic mass is 35.5. The largest absolute Gasteiger partial charge is 0.355 e. The Morgan fingerprint density at radius 3 is 2.53 bits per heavy atom. The standard InChI is InChI=1S/C22H21ClN4O4S/c1-32(30,31)27-8-6-26(7-9-27)22(29)13-2-5-18-14(10-13)11-19(25-18)15-3-4-17(23)16-12-24-21(28)20(15)16/h2-5,10-11,25H,6-9,12H2,1H3,(H,24,28). The van der Waals surface area contributed by atoms with E-state index in [2.05, 4.69) is 10.3 Å². The number of H-pyrrole nitrogens is 1. The Morgan fingerprint density at radius 1 is 1.06 bits per heavy atom. The van der Waals surface area contributed by atoms with Crippen LogP contribution in [0.25, 0.3) is 22.2 Å². The zero-order valence-corrected chi connectivity index (χ0v) is 18.9. The number of hydrogen-bond donors (Lipinski definition) is 2. The van der Waals surface area contributed by atoms with Crippen molar-refractivity contribution < 1.29 is 18.0 Å². The average molecular weight is 473 g/mol. The third-order valence-electron chi connectivity index (χ3n) is 6.06. The molecule has 1 aromatic heterocycles. The fourth-order valence-electron chi connectivity index (χ4n) is 4.35. The van der Waals surface area contributed by atoms with Crippen LogP contribution in [0.4, 0.5) is 0 Å². The van der Waals surface area contributed by atoms with Gasteiger partial charge < -0.3 is 15.2 Å². The first-order chi connectivity index (χ1) is 15.2. The molecule has 166 valence electrons. The SMILES string of the molecule is CS(=O)(=O)N1CCN(C(=O)c2ccc3[nH]c(-c4ccc(Cl)c5c4C(=O)NC5)cc3c2)CC1. The summed E-state index contributed by atoms with van der Waals surface area (Å²) in [5, 5.41) is 4.22. The van der Waals surface area contributed by atoms with Gasteiger partial charge in [-0.2, -0.15) is 4.31 Å². The second kappa shape index (κ2) is 7.61. The van der Waals surface area contributed by atoms with Crippen LogP contribution in [-0.4, -0.2) is 66.9 Å². The Bertz CT molecular complexity index is 1370. The first-order valence-electron chi connectivity index (χ1n) is 10.2. The summed E-state index contributed by atoms with van der Waals surface area (Å²) in [4.78, 5) is 30.3. The van der Waals surface area contributed by atoms with Gasteiger partial charge in [0.2, 0.25) is 10.0 Å². The molecular weight excluding hydrogens is 452 g/mol. The van der Waals surface area contributed by atoms with Crippen molar-refractivity contribution in [1.82, 2.24) is 19.5 Å². The van der Waals surface area contributed by atoms with E-state index in [1.54, 1.807) is 17.0 Å². The van der Waals surface area contributed by atoms with Gasteiger partial charge in [-0.05, 0) is 30.3 Å². The molecule has 2 aliphatic heterocycles. The topological polar surface area (TPSA) is 103 Å². The number of sulfonamides is 1. The molecule has 1 saturated heterocycles. The fourth-order valence-corrected chi connectivity index (χ4v) is 5.40. The van der Waals surface area contributed by atoms with Crippen LogP contribution in [0.15, 0.2) is 36.4 Å². The zero-order chi connectivity index (χ0) is 22.6. The van der Waals surface area contributed by atoms with Gasteiger partial charge in [0.1, 0.15) is 0 Å². The number of carbonyl (C=O) groups excluding carboxylic acids is 2. The molecule has 1 fully saturated rings. The summed E-state index contributed by atoms with van der Waals surface area (Å²) in [5.41, 5.74) is 4.29. The molecule has 0 unspecified atom stereocenters. The lowest BCUT2D eigenvalue weighted by Gasteiger charge is -2.33. The second-order valence-corrected chi connectivity index (χ2v) is 10.5. The molecule has 0 bridgehead atoms. The van der Waals surface area contributed by atoms with E-state index in [1.807, 2.05) is 24.3 Å². The minimum atomic E-state index is -3.25. The molecular formula is C22H21ClN4O4S. The predicted octanol–water partition coefficient (Wildman–Crippen LogP) is 2.45. The summed E-state index contributed by atoms with van der Waals surface area (Å²) in [5.74, 6) is -0.283. The monoisotopic (exact) mass is 472 g/mol. The summed E-state index contributed by atoms with van der Waals surface area (Å²) < 4.78 is 24.8. The normalized spacial score (nSPS) is 16.9. The first-order valence-corrected chi connectivity index (χ1v) is 12.4. The van der Waals surface area contributed by atoms with Gasteiger partial charge in [-0.1, -0.05) is 17.7 Å². The van der Waals surface area contributed by atoms with Gasteiger partial charge in [0.25, 0.3) is 11.8 Å². The van der Waals surface area contributed by atoms with Crippen LogP contribution in [0.5, 0.6) is 0 Å². The van der Waals surface area contributed by atoms with Crippen molar-refractivity contribution in [2.45, 2.75) is 6.54 Å². The molecule has 2 N–H and O–H groups in total. The van der Waals surface area contributed by atoms with E-state index < -0.39 is 10.0 Å². The highest BCUT2D eigenvalue weighted by Crippen LogP contribution is 2.34. The minimum absolute atomic E-state index is 0.130. The van der Waals surface area contributed by atoms with E-state index >= 15 is 0 Å². The molecule has 0 radical (unpaired) electrons. The Kier molecular flexibility index (Phi) is 4.99. The highest BCUT2D eigenvalue weighted by molar-refractivity contribution is 7.88. The first kappa shape index (κ1) is 21.0. The molecule has 32 heavy (non-hydrogen) atoms. The van der Waals surface area contributed by atoms with Gasteiger partial charge in [-0.25, -0.2) is 8.42 Å². The number of rotatable bonds is 3. The Hall–Kier alpha value is -2.88. The van der Waals surface area contributed by atoms with Crippen molar-refractivity contribution in [3.63, 3.8) is 0 Å². The molecule has 2 aliphatic rings. The number of fused-ring (bicyclic) bond motifs is 2. The van der Waals surface area contributed by atoms with Gasteiger partial charge in [0.15, 0.2) is 0 Å². The van der Waals surface area contributed by atoms with Crippen molar-refractivity contribution in [1.29, 1.82) is 0 Å². The number of aromatic amines is 1. The van der Waals surface area contributed by atoms with Gasteiger partial charge >= 0.3 is 0 Å². The highest BCUT2D eigenvalue weighted by Gasteiger charge is 2.28. The van der Waals surface area contributed by atoms with Crippen molar-refractivity contribution in [2.24, 2.45) is 0 Å². The number of nitrogens with one attached hydrogen (secondary N) is 2. The number of nitrogens with zero attached hydrogens (tertiary/aromatic N) is 2. The van der Waals surface area contributed by atoms with E-state index in [9.17, 15) is 18.0 Å². The maximum Gasteiger partial charge on any atom is 0.253 e. The Balaban J connectivity index is 1.43. The molecule has 2 amide bonds. The van der Waals surface area contributed by atoms with Crippen molar-refractivity contribution >= 4 is 44.3 Å². The lowest BCUT2D eigenvalue weighted by atomic mass is 10.0. The molecule has 10 heteroatoms. The quantitative estimate of drug-likeness (QED) is 0.611. The molecule has 3 heterocycles. The lowest BCUT2D eigenvalue weighted by Crippen LogP contribution is -2.50. The molecule has 0 aliphatic carbocycles. The maximum absolute atomic E-state index is 13.0. The molecule has 0 spiro atoms. The predicted molar refractivity (Wildman–Crippen MR) is 122 cm³/mol. The van der Waals surface area contributed by atoms with Crippen LogP contribution >= 0.6 is 11.6 Å². The van der Waals surface area contributed by atoms with Crippen LogP contribution in [0, 0.1) is 0 Å². The molecule has 8 nitrogen and oxygen atoms in total. The summed E-state index contributed by atoms with van der Waals surface area (Å²) in [6, 6.07) is 10.9. The number of carbonyl (C=O) groups is 2. The maximum atomic E-state index is 13.0. The fraction of sp³-hybridized carbons (Fsp3) is 0.273. The Morgan fingerprint density at radius 2 is 1.81 bits per heavy atom. The summed E-state index contributed by atoms with van der Waals surface area (Å²) in [6.45, 7) is 1.71. The summed E-state index contributed by atoms with van der Waals surface area (Å²) in [7, 11) is -3.25. The minimum Gasteiger partial charge on any atom is -0.355 e.